The van der Waals surface area contributed by atoms with Crippen LogP contribution in [0.1, 0.15) is 19.5 Å². The molecule has 2 rings (SSSR count). The highest BCUT2D eigenvalue weighted by Gasteiger charge is 2.03. The predicted molar refractivity (Wildman–Crippen MR) is 80.0 cm³/mol. The summed E-state index contributed by atoms with van der Waals surface area (Å²) >= 11 is 0. The molecule has 0 saturated carbocycles. The average molecular weight is 286 g/mol. The molecule has 0 spiro atoms. The topological polar surface area (TPSA) is 53.5 Å². The molecule has 21 heavy (non-hydrogen) atoms. The second-order valence-corrected chi connectivity index (χ2v) is 4.12. The Kier molecular flexibility index (Phi) is 5.50. The third-order valence-corrected chi connectivity index (χ3v) is 2.70. The first-order valence-electron chi connectivity index (χ1n) is 6.82. The molecule has 0 fully saturated rings. The van der Waals surface area contributed by atoms with E-state index < -0.39 is 6.29 Å². The first kappa shape index (κ1) is 15.2. The Balaban J connectivity index is 2.26. The summed E-state index contributed by atoms with van der Waals surface area (Å²) in [4.78, 5) is 8.77. The zero-order chi connectivity index (χ0) is 15.1. The Morgan fingerprint density at radius 1 is 1.14 bits per heavy atom. The molecule has 1 aromatic carbocycles. The third-order valence-electron chi connectivity index (χ3n) is 2.70. The molecule has 0 atom stereocenters. The van der Waals surface area contributed by atoms with Crippen LogP contribution in [0.3, 0.4) is 0 Å². The van der Waals surface area contributed by atoms with E-state index in [1.54, 1.807) is 13.3 Å². The molecule has 1 aromatic heterocycles. The highest BCUT2D eigenvalue weighted by Crippen LogP contribution is 2.17. The predicted octanol–water partition coefficient (Wildman–Crippen LogP) is 2.39. The Bertz CT molecular complexity index is 655. The molecule has 0 N–H and O–H groups in total. The van der Waals surface area contributed by atoms with Gasteiger partial charge in [-0.25, -0.2) is 4.98 Å². The van der Waals surface area contributed by atoms with Gasteiger partial charge in [-0.15, -0.1) is 0 Å². The summed E-state index contributed by atoms with van der Waals surface area (Å²) in [5.74, 6) is 6.57. The van der Waals surface area contributed by atoms with Crippen molar-refractivity contribution in [3.05, 3.63) is 30.1 Å². The van der Waals surface area contributed by atoms with Crippen molar-refractivity contribution in [3.8, 4) is 17.6 Å². The molecule has 1 heterocycles. The van der Waals surface area contributed by atoms with Crippen LogP contribution < -0.4 is 4.74 Å². The zero-order valence-electron chi connectivity index (χ0n) is 12.4. The molecule has 0 amide bonds. The number of rotatable bonds is 5. The standard InChI is InChI=1S/C16H18N2O3/c1-4-20-16(21-5-2)9-6-12-11-17-14-8-7-13(19-3)10-15(14)18-12/h7-8,10-11,16H,4-5H2,1-3H3. The molecule has 0 radical (unpaired) electrons. The molecule has 0 aliphatic heterocycles. The Hall–Kier alpha value is -2.16. The summed E-state index contributed by atoms with van der Waals surface area (Å²) in [6.07, 6.45) is 1.10. The fourth-order valence-electron chi connectivity index (χ4n) is 1.75. The van der Waals surface area contributed by atoms with Crippen LogP contribution in [0.5, 0.6) is 5.75 Å². The number of hydrogen-bond acceptors (Lipinski definition) is 5. The minimum atomic E-state index is -0.539. The van der Waals surface area contributed by atoms with E-state index >= 15 is 0 Å². The van der Waals surface area contributed by atoms with Crippen molar-refractivity contribution >= 4 is 11.0 Å². The number of aromatic nitrogens is 2. The molecule has 0 aliphatic carbocycles. The molecular weight excluding hydrogens is 268 g/mol. The van der Waals surface area contributed by atoms with Crippen molar-refractivity contribution < 1.29 is 14.2 Å². The van der Waals surface area contributed by atoms with E-state index in [0.717, 1.165) is 16.8 Å². The average Bonchev–Trinajstić information content (AvgIpc) is 2.52. The summed E-state index contributed by atoms with van der Waals surface area (Å²) in [6.45, 7) is 4.88. The van der Waals surface area contributed by atoms with E-state index in [4.69, 9.17) is 14.2 Å². The number of hydrogen-bond donors (Lipinski definition) is 0. The molecule has 0 aliphatic rings. The van der Waals surface area contributed by atoms with Gasteiger partial charge in [0.05, 0.1) is 24.3 Å². The molecule has 0 unspecified atom stereocenters. The van der Waals surface area contributed by atoms with Gasteiger partial charge in [-0.3, -0.25) is 4.98 Å². The number of nitrogens with zero attached hydrogens (tertiary/aromatic N) is 2. The van der Waals surface area contributed by atoms with Gasteiger partial charge in [0.2, 0.25) is 6.29 Å². The van der Waals surface area contributed by atoms with Crippen molar-refractivity contribution in [2.45, 2.75) is 20.1 Å². The Morgan fingerprint density at radius 2 is 1.90 bits per heavy atom. The van der Waals surface area contributed by atoms with Gasteiger partial charge in [-0.1, -0.05) is 0 Å². The van der Waals surface area contributed by atoms with Crippen LogP contribution in [0.15, 0.2) is 24.4 Å². The first-order chi connectivity index (χ1) is 10.3. The lowest BCUT2D eigenvalue weighted by Crippen LogP contribution is -2.14. The second-order valence-electron chi connectivity index (χ2n) is 4.12. The van der Waals surface area contributed by atoms with Crippen LogP contribution in [0.2, 0.25) is 0 Å². The maximum atomic E-state index is 5.36. The lowest BCUT2D eigenvalue weighted by atomic mass is 10.2. The largest absolute Gasteiger partial charge is 0.497 e. The van der Waals surface area contributed by atoms with Crippen LogP contribution >= 0.6 is 0 Å². The van der Waals surface area contributed by atoms with Crippen LogP contribution in [-0.2, 0) is 9.47 Å². The number of fused-ring (bicyclic) bond motifs is 1. The van der Waals surface area contributed by atoms with Gasteiger partial charge in [0, 0.05) is 19.3 Å². The summed E-state index contributed by atoms with van der Waals surface area (Å²) in [7, 11) is 1.62. The van der Waals surface area contributed by atoms with E-state index in [-0.39, 0.29) is 0 Å². The SMILES string of the molecule is CCOC(C#Cc1cnc2ccc(OC)cc2n1)OCC. The summed E-state index contributed by atoms with van der Waals surface area (Å²) in [6, 6.07) is 5.54. The quantitative estimate of drug-likeness (QED) is 0.624. The monoisotopic (exact) mass is 286 g/mol. The van der Waals surface area contributed by atoms with Gasteiger partial charge in [0.1, 0.15) is 11.4 Å². The molecule has 0 saturated heterocycles. The van der Waals surface area contributed by atoms with E-state index in [1.807, 2.05) is 32.0 Å². The first-order valence-corrected chi connectivity index (χ1v) is 6.82. The van der Waals surface area contributed by atoms with Crippen LogP contribution in [-0.4, -0.2) is 36.6 Å². The van der Waals surface area contributed by atoms with Gasteiger partial charge in [0.15, 0.2) is 0 Å². The Morgan fingerprint density at radius 3 is 2.57 bits per heavy atom. The summed E-state index contributed by atoms with van der Waals surface area (Å²) in [5, 5.41) is 0. The van der Waals surface area contributed by atoms with Crippen molar-refractivity contribution in [2.75, 3.05) is 20.3 Å². The molecular formula is C16H18N2O3. The summed E-state index contributed by atoms with van der Waals surface area (Å²) in [5.41, 5.74) is 2.11. The lowest BCUT2D eigenvalue weighted by molar-refractivity contribution is -0.0969. The van der Waals surface area contributed by atoms with Crippen molar-refractivity contribution in [1.82, 2.24) is 9.97 Å². The smallest absolute Gasteiger partial charge is 0.222 e. The molecule has 0 bridgehead atoms. The van der Waals surface area contributed by atoms with Gasteiger partial charge < -0.3 is 14.2 Å². The number of benzene rings is 1. The number of ether oxygens (including phenoxy) is 3. The minimum Gasteiger partial charge on any atom is -0.497 e. The van der Waals surface area contributed by atoms with Gasteiger partial charge in [-0.2, -0.15) is 0 Å². The lowest BCUT2D eigenvalue weighted by Gasteiger charge is -2.09. The van der Waals surface area contributed by atoms with Crippen molar-refractivity contribution in [2.24, 2.45) is 0 Å². The maximum Gasteiger partial charge on any atom is 0.222 e. The van der Waals surface area contributed by atoms with Crippen LogP contribution in [0.25, 0.3) is 11.0 Å². The van der Waals surface area contributed by atoms with Crippen LogP contribution in [0.4, 0.5) is 0 Å². The van der Waals surface area contributed by atoms with Crippen molar-refractivity contribution in [3.63, 3.8) is 0 Å². The summed E-state index contributed by atoms with van der Waals surface area (Å²) < 4.78 is 15.9. The van der Waals surface area contributed by atoms with E-state index in [9.17, 15) is 0 Å². The second kappa shape index (κ2) is 7.58. The molecule has 5 nitrogen and oxygen atoms in total. The van der Waals surface area contributed by atoms with E-state index in [1.165, 1.54) is 0 Å². The fraction of sp³-hybridized carbons (Fsp3) is 0.375. The van der Waals surface area contributed by atoms with E-state index in [2.05, 4.69) is 21.8 Å². The zero-order valence-corrected chi connectivity index (χ0v) is 12.4. The third kappa shape index (κ3) is 4.15. The van der Waals surface area contributed by atoms with Gasteiger partial charge >= 0.3 is 0 Å². The maximum absolute atomic E-state index is 5.36. The molecule has 110 valence electrons. The highest BCUT2D eigenvalue weighted by molar-refractivity contribution is 5.76. The molecule has 2 aromatic rings. The van der Waals surface area contributed by atoms with E-state index in [0.29, 0.717) is 18.9 Å². The fourth-order valence-corrected chi connectivity index (χ4v) is 1.75. The highest BCUT2D eigenvalue weighted by atomic mass is 16.7. The van der Waals surface area contributed by atoms with Crippen molar-refractivity contribution in [1.29, 1.82) is 0 Å². The normalized spacial score (nSPS) is 10.5. The van der Waals surface area contributed by atoms with Crippen LogP contribution in [0, 0.1) is 11.8 Å². The Labute approximate surface area is 124 Å². The minimum absolute atomic E-state index is 0.539. The number of methoxy groups -OCH3 is 1. The van der Waals surface area contributed by atoms with Gasteiger partial charge in [0.25, 0.3) is 0 Å². The molecule has 5 heteroatoms. The van der Waals surface area contributed by atoms with Gasteiger partial charge in [-0.05, 0) is 37.8 Å².